The summed E-state index contributed by atoms with van der Waals surface area (Å²) in [4.78, 5) is 0. The van der Waals surface area contributed by atoms with E-state index in [1.54, 1.807) is 36.4 Å². The number of benzene rings is 3. The van der Waals surface area contributed by atoms with E-state index in [1.807, 2.05) is 19.9 Å². The Kier molecular flexibility index (Phi) is 7.16. The lowest BCUT2D eigenvalue weighted by atomic mass is 9.95. The molecule has 0 atom stereocenters. The fourth-order valence-electron chi connectivity index (χ4n) is 3.70. The first-order valence-electron chi connectivity index (χ1n) is 10.9. The van der Waals surface area contributed by atoms with E-state index < -0.39 is 11.6 Å². The summed E-state index contributed by atoms with van der Waals surface area (Å²) in [5.74, 6) is -2.61. The predicted molar refractivity (Wildman–Crippen MR) is 121 cm³/mol. The molecule has 0 radical (unpaired) electrons. The molecule has 1 fully saturated rings. The molecular weight excluding hydrogens is 429 g/mol. The zero-order valence-electron chi connectivity index (χ0n) is 18.5. The van der Waals surface area contributed by atoms with E-state index >= 15 is 0 Å². The monoisotopic (exact) mass is 454 g/mol. The highest BCUT2D eigenvalue weighted by molar-refractivity contribution is 5.71. The summed E-state index contributed by atoms with van der Waals surface area (Å²) in [6.45, 7) is 4.70. The molecule has 4 rings (SSSR count). The van der Waals surface area contributed by atoms with E-state index in [9.17, 15) is 13.2 Å². The number of hydrogen-bond acceptors (Lipinski definition) is 3. The maximum absolute atomic E-state index is 14.9. The van der Waals surface area contributed by atoms with Gasteiger partial charge in [0.05, 0.1) is 19.5 Å². The number of allylic oxidation sites excluding steroid dienone is 1. The van der Waals surface area contributed by atoms with Crippen LogP contribution in [0.2, 0.25) is 0 Å². The molecule has 0 unspecified atom stereocenters. The molecule has 1 aliphatic heterocycles. The van der Waals surface area contributed by atoms with Gasteiger partial charge >= 0.3 is 0 Å². The van der Waals surface area contributed by atoms with Crippen LogP contribution in [-0.4, -0.2) is 19.5 Å². The van der Waals surface area contributed by atoms with Crippen molar-refractivity contribution >= 4 is 0 Å². The average Bonchev–Trinajstić information content (AvgIpc) is 2.83. The highest BCUT2D eigenvalue weighted by atomic mass is 19.2. The molecule has 0 aromatic heterocycles. The van der Waals surface area contributed by atoms with Crippen molar-refractivity contribution in [2.45, 2.75) is 32.5 Å². The minimum absolute atomic E-state index is 0.0191. The van der Waals surface area contributed by atoms with Gasteiger partial charge in [0.1, 0.15) is 5.82 Å². The highest BCUT2D eigenvalue weighted by Crippen LogP contribution is 2.33. The molecular formula is C27H25F3O3. The average molecular weight is 454 g/mol. The molecule has 0 spiro atoms. The summed E-state index contributed by atoms with van der Waals surface area (Å²) >= 11 is 0. The molecule has 3 aromatic rings. The predicted octanol–water partition coefficient (Wildman–Crippen LogP) is 7.22. The summed E-state index contributed by atoms with van der Waals surface area (Å²) in [5, 5.41) is 0. The molecule has 1 aliphatic rings. The van der Waals surface area contributed by atoms with Crippen LogP contribution in [0.3, 0.4) is 0 Å². The molecule has 0 aliphatic carbocycles. The van der Waals surface area contributed by atoms with Gasteiger partial charge in [-0.25, -0.2) is 8.78 Å². The Labute approximate surface area is 191 Å². The summed E-state index contributed by atoms with van der Waals surface area (Å²) in [6, 6.07) is 14.6. The van der Waals surface area contributed by atoms with E-state index in [-0.39, 0.29) is 29.3 Å². The molecule has 33 heavy (non-hydrogen) atoms. The molecule has 1 saturated heterocycles. The molecule has 3 aromatic carbocycles. The minimum atomic E-state index is -1.05. The molecule has 0 amide bonds. The quantitative estimate of drug-likeness (QED) is 0.368. The maximum atomic E-state index is 14.9. The first kappa shape index (κ1) is 23.1. The summed E-state index contributed by atoms with van der Waals surface area (Å²) in [5.41, 5.74) is 2.46. The fourth-order valence-corrected chi connectivity index (χ4v) is 3.70. The molecule has 3 nitrogen and oxygen atoms in total. The second-order valence-electron chi connectivity index (χ2n) is 7.88. The van der Waals surface area contributed by atoms with Crippen LogP contribution in [0.15, 0.2) is 66.9 Å². The van der Waals surface area contributed by atoms with Crippen molar-refractivity contribution in [3.05, 3.63) is 90.0 Å². The maximum Gasteiger partial charge on any atom is 0.201 e. The zero-order valence-corrected chi connectivity index (χ0v) is 18.5. The Hall–Kier alpha value is -3.09. The lowest BCUT2D eigenvalue weighted by molar-refractivity contribution is -0.176. The summed E-state index contributed by atoms with van der Waals surface area (Å²) < 4.78 is 60.0. The number of halogens is 3. The summed E-state index contributed by atoms with van der Waals surface area (Å²) in [7, 11) is 0. The van der Waals surface area contributed by atoms with Crippen molar-refractivity contribution in [3.63, 3.8) is 0 Å². The Morgan fingerprint density at radius 1 is 0.879 bits per heavy atom. The number of rotatable bonds is 6. The second kappa shape index (κ2) is 10.2. The smallest absolute Gasteiger partial charge is 0.201 e. The topological polar surface area (TPSA) is 27.7 Å². The molecule has 0 saturated carbocycles. The molecule has 6 heteroatoms. The van der Waals surface area contributed by atoms with E-state index in [0.29, 0.717) is 29.9 Å². The number of ether oxygens (including phenoxy) is 3. The van der Waals surface area contributed by atoms with Gasteiger partial charge < -0.3 is 14.2 Å². The normalized spacial score (nSPS) is 18.6. The molecule has 172 valence electrons. The third kappa shape index (κ3) is 5.13. The van der Waals surface area contributed by atoms with Gasteiger partial charge in [0.2, 0.25) is 5.82 Å². The lowest BCUT2D eigenvalue weighted by Gasteiger charge is -2.27. The van der Waals surface area contributed by atoms with Crippen molar-refractivity contribution in [2.24, 2.45) is 0 Å². The van der Waals surface area contributed by atoms with Crippen LogP contribution in [0.25, 0.3) is 22.3 Å². The Morgan fingerprint density at radius 2 is 1.52 bits per heavy atom. The van der Waals surface area contributed by atoms with Crippen LogP contribution in [0, 0.1) is 17.5 Å². The van der Waals surface area contributed by atoms with E-state index in [4.69, 9.17) is 14.2 Å². The zero-order chi connectivity index (χ0) is 23.4. The Balaban J connectivity index is 1.54. The highest BCUT2D eigenvalue weighted by Gasteiger charge is 2.22. The standard InChI is InChI=1S/C27H25F3O3/c1-3-4-13-31-25-12-11-23(26(29)27(25)30)19-7-5-18(6-8-19)22-10-9-20(14-24(22)28)21-15-32-17(2)33-16-21/h4-14,17,21H,3,15-16H2,1-2H3/b13-4-. The van der Waals surface area contributed by atoms with Crippen LogP contribution < -0.4 is 4.74 Å². The van der Waals surface area contributed by atoms with E-state index in [2.05, 4.69) is 0 Å². The van der Waals surface area contributed by atoms with Gasteiger partial charge in [-0.15, -0.1) is 0 Å². The Morgan fingerprint density at radius 3 is 2.15 bits per heavy atom. The van der Waals surface area contributed by atoms with Crippen molar-refractivity contribution in [2.75, 3.05) is 13.2 Å². The molecule has 1 heterocycles. The largest absolute Gasteiger partial charge is 0.462 e. The van der Waals surface area contributed by atoms with Crippen molar-refractivity contribution in [3.8, 4) is 28.0 Å². The van der Waals surface area contributed by atoms with Gasteiger partial charge in [0.25, 0.3) is 0 Å². The van der Waals surface area contributed by atoms with Crippen LogP contribution in [-0.2, 0) is 9.47 Å². The minimum Gasteiger partial charge on any atom is -0.462 e. The van der Waals surface area contributed by atoms with E-state index in [1.165, 1.54) is 24.5 Å². The fraction of sp³-hybridized carbons (Fsp3) is 0.259. The van der Waals surface area contributed by atoms with Crippen LogP contribution >= 0.6 is 0 Å². The van der Waals surface area contributed by atoms with Gasteiger partial charge in [0.15, 0.2) is 17.9 Å². The van der Waals surface area contributed by atoms with Crippen LogP contribution in [0.5, 0.6) is 5.75 Å². The molecule has 0 bridgehead atoms. The van der Waals surface area contributed by atoms with Crippen molar-refractivity contribution in [1.82, 2.24) is 0 Å². The van der Waals surface area contributed by atoms with Gasteiger partial charge in [-0.1, -0.05) is 43.3 Å². The lowest BCUT2D eigenvalue weighted by Crippen LogP contribution is -2.28. The summed E-state index contributed by atoms with van der Waals surface area (Å²) in [6.07, 6.45) is 3.51. The third-order valence-electron chi connectivity index (χ3n) is 5.61. The SMILES string of the molecule is CC/C=C\Oc1ccc(-c2ccc(-c3ccc(C4COC(C)OC4)cc3F)cc2)c(F)c1F. The first-order valence-corrected chi connectivity index (χ1v) is 10.9. The van der Waals surface area contributed by atoms with Crippen LogP contribution in [0.1, 0.15) is 31.7 Å². The third-order valence-corrected chi connectivity index (χ3v) is 5.61. The Bertz CT molecular complexity index is 1130. The van der Waals surface area contributed by atoms with E-state index in [0.717, 1.165) is 12.0 Å². The van der Waals surface area contributed by atoms with Gasteiger partial charge in [-0.3, -0.25) is 0 Å². The second-order valence-corrected chi connectivity index (χ2v) is 7.88. The number of hydrogen-bond donors (Lipinski definition) is 0. The van der Waals surface area contributed by atoms with Gasteiger partial charge in [0, 0.05) is 17.0 Å². The van der Waals surface area contributed by atoms with Crippen molar-refractivity contribution < 1.29 is 27.4 Å². The first-order chi connectivity index (χ1) is 16.0. The van der Waals surface area contributed by atoms with Crippen molar-refractivity contribution in [1.29, 1.82) is 0 Å². The van der Waals surface area contributed by atoms with Crippen LogP contribution in [0.4, 0.5) is 13.2 Å². The molecule has 0 N–H and O–H groups in total. The van der Waals surface area contributed by atoms with Gasteiger partial charge in [-0.2, -0.15) is 4.39 Å². The van der Waals surface area contributed by atoms with Gasteiger partial charge in [-0.05, 0) is 54.3 Å².